The van der Waals surface area contributed by atoms with E-state index in [0.29, 0.717) is 46.1 Å². The number of fused-ring (bicyclic) bond motifs is 2. The van der Waals surface area contributed by atoms with Gasteiger partial charge in [0.25, 0.3) is 5.91 Å². The number of aromatic nitrogens is 3. The highest BCUT2D eigenvalue weighted by molar-refractivity contribution is 5.97. The fourth-order valence-electron chi connectivity index (χ4n) is 6.50. The zero-order valence-electron chi connectivity index (χ0n) is 25.3. The van der Waals surface area contributed by atoms with Crippen molar-refractivity contribution in [1.82, 2.24) is 19.4 Å². The molecule has 11 heteroatoms. The van der Waals surface area contributed by atoms with Gasteiger partial charge >= 0.3 is 0 Å². The number of phenolic OH excluding ortho intramolecular Hbond substituents is 1. The molecule has 2 N–H and O–H groups in total. The quantitative estimate of drug-likeness (QED) is 0.306. The predicted molar refractivity (Wildman–Crippen MR) is 167 cm³/mol. The maximum absolute atomic E-state index is 13.0. The number of rotatable bonds is 6. The van der Waals surface area contributed by atoms with E-state index in [9.17, 15) is 14.7 Å². The van der Waals surface area contributed by atoms with Crippen LogP contribution in [0.3, 0.4) is 0 Å². The molecule has 2 aliphatic rings. The first-order valence-corrected chi connectivity index (χ1v) is 15.3. The molecule has 5 heterocycles. The van der Waals surface area contributed by atoms with Gasteiger partial charge in [-0.3, -0.25) is 9.59 Å². The van der Waals surface area contributed by atoms with Crippen molar-refractivity contribution in [3.8, 4) is 16.9 Å². The monoisotopic (exact) mass is 597 g/mol. The summed E-state index contributed by atoms with van der Waals surface area (Å²) in [6.07, 6.45) is 7.87. The molecule has 0 unspecified atom stereocenters. The number of carbonyl (C=O) groups excluding carboxylic acids is 1. The summed E-state index contributed by atoms with van der Waals surface area (Å²) in [5.41, 5.74) is 3.61. The molecule has 1 saturated carbocycles. The second-order valence-corrected chi connectivity index (χ2v) is 12.3. The topological polar surface area (TPSA) is 122 Å². The summed E-state index contributed by atoms with van der Waals surface area (Å²) < 4.78 is 13.9. The van der Waals surface area contributed by atoms with Gasteiger partial charge in [-0.05, 0) is 30.5 Å². The highest BCUT2D eigenvalue weighted by atomic mass is 16.4. The number of piperazine rings is 1. The molecule has 1 aliphatic carbocycles. The average Bonchev–Trinajstić information content (AvgIpc) is 3.77. The molecule has 11 nitrogen and oxygen atoms in total. The Bertz CT molecular complexity index is 1920. The summed E-state index contributed by atoms with van der Waals surface area (Å²) in [6, 6.07) is 8.97. The van der Waals surface area contributed by atoms with E-state index >= 15 is 0 Å². The lowest BCUT2D eigenvalue weighted by Crippen LogP contribution is -3.12. The Hall–Kier alpha value is -4.64. The summed E-state index contributed by atoms with van der Waals surface area (Å²) >= 11 is 0. The molecule has 0 atom stereocenters. The smallest absolute Gasteiger partial charge is 0.270 e. The highest BCUT2D eigenvalue weighted by Gasteiger charge is 2.27. The van der Waals surface area contributed by atoms with Crippen molar-refractivity contribution in [2.45, 2.75) is 38.1 Å². The maximum atomic E-state index is 13.0. The Balaban J connectivity index is 1.20. The van der Waals surface area contributed by atoms with Crippen molar-refractivity contribution < 1.29 is 23.6 Å². The lowest BCUT2D eigenvalue weighted by Gasteiger charge is -2.30. The summed E-state index contributed by atoms with van der Waals surface area (Å²) in [7, 11) is 5.68. The molecule has 7 rings (SSSR count). The van der Waals surface area contributed by atoms with E-state index < -0.39 is 0 Å². The minimum Gasteiger partial charge on any atom is -0.508 e. The van der Waals surface area contributed by atoms with Crippen molar-refractivity contribution in [1.29, 1.82) is 0 Å². The van der Waals surface area contributed by atoms with E-state index in [1.165, 1.54) is 17.2 Å². The van der Waals surface area contributed by atoms with Gasteiger partial charge in [-0.1, -0.05) is 25.0 Å². The number of nitrogens with one attached hydrogen (secondary N) is 1. The molecular weight excluding hydrogens is 560 g/mol. The van der Waals surface area contributed by atoms with Crippen molar-refractivity contribution >= 4 is 34.0 Å². The normalized spacial score (nSPS) is 16.4. The number of aromatic hydroxyl groups is 1. The number of anilines is 1. The van der Waals surface area contributed by atoms with E-state index in [-0.39, 0.29) is 28.7 Å². The molecule has 2 fully saturated rings. The Labute approximate surface area is 254 Å². The third kappa shape index (κ3) is 5.00. The first-order chi connectivity index (χ1) is 21.3. The van der Waals surface area contributed by atoms with Crippen LogP contribution in [0.1, 0.15) is 53.6 Å². The predicted octanol–water partition coefficient (Wildman–Crippen LogP) is 3.25. The van der Waals surface area contributed by atoms with Crippen LogP contribution in [-0.2, 0) is 6.42 Å². The van der Waals surface area contributed by atoms with Crippen molar-refractivity contribution in [2.75, 3.05) is 52.2 Å². The maximum Gasteiger partial charge on any atom is 0.270 e. The fraction of sp³-hybridized carbons (Fsp3) is 0.394. The lowest BCUT2D eigenvalue weighted by atomic mass is 10.0. The van der Waals surface area contributed by atoms with E-state index in [4.69, 9.17) is 13.8 Å². The summed E-state index contributed by atoms with van der Waals surface area (Å²) in [5, 5.41) is 11.9. The fourth-order valence-corrected chi connectivity index (χ4v) is 6.50. The number of likely N-dealkylation sites (N-methyl/N-ethyl adjacent to an activating group) is 1. The Kier molecular flexibility index (Phi) is 7.12. The number of carbonyl (C=O) groups is 1. The van der Waals surface area contributed by atoms with Crippen molar-refractivity contribution in [2.24, 2.45) is 0 Å². The van der Waals surface area contributed by atoms with Crippen molar-refractivity contribution in [3.05, 3.63) is 70.1 Å². The SMILES string of the molecule is CN(C)C(=O)c1cc2cnc(Cc3ccc(-c4coc5c(=O)cc(N6CC[NH+](C)CC6)oc45)cc3O)nc2n1C1CCCC1. The van der Waals surface area contributed by atoms with Gasteiger partial charge in [-0.15, -0.1) is 0 Å². The number of hydrogen-bond donors (Lipinski definition) is 2. The van der Waals surface area contributed by atoms with Crippen LogP contribution in [0.25, 0.3) is 33.3 Å². The Morgan fingerprint density at radius 2 is 1.89 bits per heavy atom. The van der Waals surface area contributed by atoms with Crippen LogP contribution in [0.5, 0.6) is 5.75 Å². The zero-order valence-corrected chi connectivity index (χ0v) is 25.3. The molecule has 1 aliphatic heterocycles. The van der Waals surface area contributed by atoms with E-state index in [0.717, 1.165) is 62.9 Å². The number of amides is 1. The van der Waals surface area contributed by atoms with Gasteiger partial charge in [-0.2, -0.15) is 0 Å². The molecule has 0 radical (unpaired) electrons. The van der Waals surface area contributed by atoms with Crippen LogP contribution in [0.2, 0.25) is 0 Å². The van der Waals surface area contributed by atoms with Gasteiger partial charge in [0.05, 0.1) is 44.9 Å². The molecule has 1 amide bonds. The van der Waals surface area contributed by atoms with Gasteiger partial charge in [0, 0.05) is 43.7 Å². The Morgan fingerprint density at radius 1 is 1.11 bits per heavy atom. The van der Waals surface area contributed by atoms with Crippen molar-refractivity contribution in [3.63, 3.8) is 0 Å². The molecule has 44 heavy (non-hydrogen) atoms. The number of hydrogen-bond acceptors (Lipinski definition) is 8. The largest absolute Gasteiger partial charge is 0.508 e. The van der Waals surface area contributed by atoms with Crippen LogP contribution in [0.4, 0.5) is 5.88 Å². The van der Waals surface area contributed by atoms with Gasteiger partial charge in [0.1, 0.15) is 29.2 Å². The number of phenols is 1. The second kappa shape index (κ2) is 11.1. The molecule has 1 saturated heterocycles. The van der Waals surface area contributed by atoms with Crippen LogP contribution in [-0.4, -0.2) is 77.8 Å². The number of furan rings is 1. The highest BCUT2D eigenvalue weighted by Crippen LogP contribution is 2.36. The third-order valence-electron chi connectivity index (χ3n) is 9.04. The molecule has 0 spiro atoms. The second-order valence-electron chi connectivity index (χ2n) is 12.3. The van der Waals surface area contributed by atoms with Crippen LogP contribution in [0, 0.1) is 0 Å². The minimum absolute atomic E-state index is 0.0519. The molecule has 0 bridgehead atoms. The molecule has 4 aromatic heterocycles. The first-order valence-electron chi connectivity index (χ1n) is 15.3. The summed E-state index contributed by atoms with van der Waals surface area (Å²) in [4.78, 5) is 40.5. The van der Waals surface area contributed by atoms with Crippen LogP contribution >= 0.6 is 0 Å². The number of benzene rings is 1. The average molecular weight is 598 g/mol. The molecule has 1 aromatic carbocycles. The number of nitrogens with zero attached hydrogens (tertiary/aromatic N) is 5. The molecule has 228 valence electrons. The third-order valence-corrected chi connectivity index (χ3v) is 9.04. The van der Waals surface area contributed by atoms with E-state index in [1.807, 2.05) is 18.2 Å². The Morgan fingerprint density at radius 3 is 2.61 bits per heavy atom. The zero-order chi connectivity index (χ0) is 30.5. The van der Waals surface area contributed by atoms with E-state index in [1.54, 1.807) is 31.3 Å². The summed E-state index contributed by atoms with van der Waals surface area (Å²) in [6.45, 7) is 3.53. The van der Waals surface area contributed by atoms with Gasteiger partial charge in [-0.25, -0.2) is 9.97 Å². The standard InChI is InChI=1S/C33H36N6O5/c1-36(2)33(42)25-14-22-18-34-28(35-32(22)39(25)23-6-4-5-7-23)16-21-9-8-20(15-26(21)40)24-19-43-31-27(41)17-29(44-30(24)31)38-12-10-37(3)11-13-38/h8-9,14-15,17-19,23,40H,4-7,10-13,16H2,1-3H3/p+1. The van der Waals surface area contributed by atoms with Crippen LogP contribution < -0.4 is 15.2 Å². The van der Waals surface area contributed by atoms with Crippen LogP contribution in [0.15, 0.2) is 56.4 Å². The molecule has 5 aromatic rings. The molecular formula is C33H37N6O5+. The van der Waals surface area contributed by atoms with Gasteiger partial charge in [0.2, 0.25) is 16.9 Å². The minimum atomic E-state index is -0.232. The summed E-state index contributed by atoms with van der Waals surface area (Å²) in [5.74, 6) is 1.11. The van der Waals surface area contributed by atoms with Gasteiger partial charge in [0.15, 0.2) is 5.58 Å². The first kappa shape index (κ1) is 28.1. The number of quaternary nitrogens is 1. The lowest BCUT2D eigenvalue weighted by molar-refractivity contribution is -0.880. The van der Waals surface area contributed by atoms with E-state index in [2.05, 4.69) is 21.5 Å². The van der Waals surface area contributed by atoms with Gasteiger partial charge < -0.3 is 33.2 Å².